The molecule has 5 heteroatoms. The second-order valence-corrected chi connectivity index (χ2v) is 5.72. The molecule has 0 N–H and O–H groups in total. The molecule has 0 atom stereocenters. The number of ether oxygens (including phenoxy) is 1. The zero-order chi connectivity index (χ0) is 13.1. The van der Waals surface area contributed by atoms with Gasteiger partial charge in [-0.2, -0.15) is 0 Å². The molecule has 2 aromatic carbocycles. The molecule has 18 heavy (non-hydrogen) atoms. The number of benzene rings is 2. The van der Waals surface area contributed by atoms with Crippen molar-refractivity contribution in [3.05, 3.63) is 55.9 Å². The van der Waals surface area contributed by atoms with Crippen LogP contribution < -0.4 is 4.74 Å². The lowest BCUT2D eigenvalue weighted by Crippen LogP contribution is -1.91. The molecule has 0 aliphatic heterocycles. The van der Waals surface area contributed by atoms with Crippen LogP contribution in [-0.2, 0) is 0 Å². The zero-order valence-electron chi connectivity index (χ0n) is 8.99. The summed E-state index contributed by atoms with van der Waals surface area (Å²) in [6.45, 7) is 0. The molecular formula is C13H7Br2ClO2. The highest BCUT2D eigenvalue weighted by molar-refractivity contribution is 9.10. The summed E-state index contributed by atoms with van der Waals surface area (Å²) in [7, 11) is 0. The molecule has 2 nitrogen and oxygen atoms in total. The van der Waals surface area contributed by atoms with Crippen LogP contribution in [0.2, 0.25) is 5.02 Å². The predicted molar refractivity (Wildman–Crippen MR) is 78.8 cm³/mol. The number of carbonyl (C=O) groups is 1. The summed E-state index contributed by atoms with van der Waals surface area (Å²) < 4.78 is 7.32. The van der Waals surface area contributed by atoms with Gasteiger partial charge in [0.1, 0.15) is 11.5 Å². The minimum Gasteiger partial charge on any atom is -0.455 e. The highest BCUT2D eigenvalue weighted by atomic mass is 79.9. The molecule has 0 fully saturated rings. The molecule has 0 aliphatic rings. The van der Waals surface area contributed by atoms with E-state index in [2.05, 4.69) is 31.9 Å². The molecule has 2 aromatic rings. The van der Waals surface area contributed by atoms with Crippen LogP contribution in [0.3, 0.4) is 0 Å². The van der Waals surface area contributed by atoms with Crippen molar-refractivity contribution in [2.75, 3.05) is 0 Å². The fourth-order valence-corrected chi connectivity index (χ4v) is 2.25. The first-order valence-electron chi connectivity index (χ1n) is 4.98. The van der Waals surface area contributed by atoms with E-state index in [4.69, 9.17) is 16.3 Å². The van der Waals surface area contributed by atoms with E-state index in [0.717, 1.165) is 15.2 Å². The number of carbonyl (C=O) groups excluding carboxylic acids is 1. The third-order valence-electron chi connectivity index (χ3n) is 2.21. The van der Waals surface area contributed by atoms with Crippen LogP contribution in [0, 0.1) is 0 Å². The van der Waals surface area contributed by atoms with E-state index in [1.165, 1.54) is 0 Å². The van der Waals surface area contributed by atoms with Gasteiger partial charge in [0, 0.05) is 8.95 Å². The maximum absolute atomic E-state index is 11.0. The van der Waals surface area contributed by atoms with Crippen LogP contribution in [0.25, 0.3) is 0 Å². The first kappa shape index (κ1) is 13.6. The van der Waals surface area contributed by atoms with Gasteiger partial charge in [-0.1, -0.05) is 43.5 Å². The van der Waals surface area contributed by atoms with E-state index in [9.17, 15) is 4.79 Å². The summed E-state index contributed by atoms with van der Waals surface area (Å²) in [4.78, 5) is 11.0. The van der Waals surface area contributed by atoms with Gasteiger partial charge in [-0.25, -0.2) is 0 Å². The van der Waals surface area contributed by atoms with Gasteiger partial charge >= 0.3 is 0 Å². The summed E-state index contributed by atoms with van der Waals surface area (Å²) in [5.41, 5.74) is 0.459. The third kappa shape index (κ3) is 3.13. The first-order valence-corrected chi connectivity index (χ1v) is 6.94. The van der Waals surface area contributed by atoms with Gasteiger partial charge in [0.2, 0.25) is 0 Å². The van der Waals surface area contributed by atoms with Crippen molar-refractivity contribution in [1.82, 2.24) is 0 Å². The van der Waals surface area contributed by atoms with Crippen molar-refractivity contribution in [3.63, 3.8) is 0 Å². The predicted octanol–water partition coefficient (Wildman–Crippen LogP) is 5.47. The topological polar surface area (TPSA) is 26.3 Å². The number of hydrogen-bond acceptors (Lipinski definition) is 2. The van der Waals surface area contributed by atoms with Crippen molar-refractivity contribution < 1.29 is 9.53 Å². The normalized spacial score (nSPS) is 10.2. The molecule has 0 spiro atoms. The molecule has 0 bridgehead atoms. The lowest BCUT2D eigenvalue weighted by molar-refractivity contribution is 0.112. The van der Waals surface area contributed by atoms with Crippen LogP contribution >= 0.6 is 43.5 Å². The molecule has 0 aromatic heterocycles. The van der Waals surface area contributed by atoms with Crippen molar-refractivity contribution >= 4 is 49.7 Å². The zero-order valence-corrected chi connectivity index (χ0v) is 12.9. The van der Waals surface area contributed by atoms with E-state index in [1.54, 1.807) is 30.3 Å². The highest BCUT2D eigenvalue weighted by Crippen LogP contribution is 2.33. The Kier molecular flexibility index (Phi) is 4.43. The molecule has 2 rings (SSSR count). The quantitative estimate of drug-likeness (QED) is 0.650. The molecular weight excluding hydrogens is 383 g/mol. The maximum Gasteiger partial charge on any atom is 0.153 e. The van der Waals surface area contributed by atoms with Gasteiger partial charge in [0.25, 0.3) is 0 Å². The molecule has 0 unspecified atom stereocenters. The van der Waals surface area contributed by atoms with Gasteiger partial charge < -0.3 is 4.74 Å². The van der Waals surface area contributed by atoms with Gasteiger partial charge in [-0.3, -0.25) is 4.79 Å². The maximum atomic E-state index is 11.0. The molecule has 0 saturated heterocycles. The number of aldehydes is 1. The lowest BCUT2D eigenvalue weighted by Gasteiger charge is -2.10. The van der Waals surface area contributed by atoms with Gasteiger partial charge in [-0.15, -0.1) is 0 Å². The van der Waals surface area contributed by atoms with Crippen molar-refractivity contribution in [2.45, 2.75) is 0 Å². The first-order chi connectivity index (χ1) is 8.60. The van der Waals surface area contributed by atoms with Crippen LogP contribution in [0.15, 0.2) is 45.3 Å². The monoisotopic (exact) mass is 388 g/mol. The standard InChI is InChI=1S/C13H7Br2ClO2/c14-9-2-4-12(8(5-9)7-17)18-13-6-10(15)1-3-11(13)16/h1-7H. The smallest absolute Gasteiger partial charge is 0.153 e. The average molecular weight is 390 g/mol. The van der Waals surface area contributed by atoms with Gasteiger partial charge in [-0.05, 0) is 36.4 Å². The molecule has 0 heterocycles. The minimum absolute atomic E-state index is 0.459. The van der Waals surface area contributed by atoms with Crippen molar-refractivity contribution in [1.29, 1.82) is 0 Å². The average Bonchev–Trinajstić information content (AvgIpc) is 2.36. The largest absolute Gasteiger partial charge is 0.455 e. The Morgan fingerprint density at radius 3 is 2.39 bits per heavy atom. The fraction of sp³-hybridized carbons (Fsp3) is 0. The molecule has 0 saturated carbocycles. The van der Waals surface area contributed by atoms with Crippen molar-refractivity contribution in [3.8, 4) is 11.5 Å². The highest BCUT2D eigenvalue weighted by Gasteiger charge is 2.08. The van der Waals surface area contributed by atoms with Gasteiger partial charge in [0.05, 0.1) is 10.6 Å². The van der Waals surface area contributed by atoms with E-state index >= 15 is 0 Å². The SMILES string of the molecule is O=Cc1cc(Br)ccc1Oc1cc(Br)ccc1Cl. The van der Waals surface area contributed by atoms with Crippen LogP contribution in [0.1, 0.15) is 10.4 Å². The Labute approximate surface area is 126 Å². The second kappa shape index (κ2) is 5.87. The fourth-order valence-electron chi connectivity index (χ4n) is 1.38. The molecule has 0 amide bonds. The van der Waals surface area contributed by atoms with Crippen molar-refractivity contribution in [2.24, 2.45) is 0 Å². The second-order valence-electron chi connectivity index (χ2n) is 3.48. The number of hydrogen-bond donors (Lipinski definition) is 0. The molecule has 92 valence electrons. The number of rotatable bonds is 3. The Hall–Kier alpha value is -0.840. The van der Waals surface area contributed by atoms with Crippen LogP contribution in [0.4, 0.5) is 0 Å². The molecule has 0 aliphatic carbocycles. The third-order valence-corrected chi connectivity index (χ3v) is 3.51. The minimum atomic E-state index is 0.459. The lowest BCUT2D eigenvalue weighted by atomic mass is 10.2. The van der Waals surface area contributed by atoms with E-state index in [1.807, 2.05) is 6.07 Å². The Morgan fingerprint density at radius 1 is 1.00 bits per heavy atom. The van der Waals surface area contributed by atoms with Crippen LogP contribution in [-0.4, -0.2) is 6.29 Å². The number of halogens is 3. The summed E-state index contributed by atoms with van der Waals surface area (Å²) >= 11 is 12.7. The Balaban J connectivity index is 2.39. The van der Waals surface area contributed by atoms with Gasteiger partial charge in [0.15, 0.2) is 6.29 Å². The Bertz CT molecular complexity index is 600. The van der Waals surface area contributed by atoms with E-state index in [0.29, 0.717) is 22.1 Å². The van der Waals surface area contributed by atoms with Crippen LogP contribution in [0.5, 0.6) is 11.5 Å². The molecule has 0 radical (unpaired) electrons. The van der Waals surface area contributed by atoms with E-state index in [-0.39, 0.29) is 0 Å². The van der Waals surface area contributed by atoms with E-state index < -0.39 is 0 Å². The summed E-state index contributed by atoms with van der Waals surface area (Å²) in [5.74, 6) is 0.963. The summed E-state index contributed by atoms with van der Waals surface area (Å²) in [6, 6.07) is 10.5. The summed E-state index contributed by atoms with van der Waals surface area (Å²) in [5, 5.41) is 0.484. The Morgan fingerprint density at radius 2 is 1.67 bits per heavy atom. The summed E-state index contributed by atoms with van der Waals surface area (Å²) in [6.07, 6.45) is 0.742.